The molecule has 2 aromatic carbocycles. The normalized spacial score (nSPS) is 14.8. The third-order valence-corrected chi connectivity index (χ3v) is 5.90. The van der Waals surface area contributed by atoms with E-state index in [0.29, 0.717) is 11.4 Å². The van der Waals surface area contributed by atoms with E-state index in [4.69, 9.17) is 4.42 Å². The Morgan fingerprint density at radius 1 is 1.00 bits per heavy atom. The molecule has 6 nitrogen and oxygen atoms in total. The Morgan fingerprint density at radius 2 is 1.72 bits per heavy atom. The molecule has 0 atom stereocenters. The number of nitrogens with zero attached hydrogens (tertiary/aromatic N) is 2. The highest BCUT2D eigenvalue weighted by Crippen LogP contribution is 2.27. The Morgan fingerprint density at radius 3 is 2.34 bits per heavy atom. The molecular weight excluding hydrogens is 402 g/mol. The second-order valence-corrected chi connectivity index (χ2v) is 8.19. The SMILES string of the molecule is CC(=O)Nc1ccc(N(C(=O)c2ccco2)C2CCN(CCc3ccccc3)CC2)cc1. The maximum absolute atomic E-state index is 13.3. The van der Waals surface area contributed by atoms with Crippen molar-refractivity contribution in [2.45, 2.75) is 32.2 Å². The van der Waals surface area contributed by atoms with Gasteiger partial charge in [0, 0.05) is 44.0 Å². The summed E-state index contributed by atoms with van der Waals surface area (Å²) in [4.78, 5) is 29.0. The van der Waals surface area contributed by atoms with Crippen LogP contribution in [-0.2, 0) is 11.2 Å². The lowest BCUT2D eigenvalue weighted by Gasteiger charge is -2.38. The van der Waals surface area contributed by atoms with E-state index in [0.717, 1.165) is 44.6 Å². The predicted octanol–water partition coefficient (Wildman–Crippen LogP) is 4.59. The van der Waals surface area contributed by atoms with Gasteiger partial charge in [-0.05, 0) is 61.2 Å². The van der Waals surface area contributed by atoms with Crippen LogP contribution in [0.15, 0.2) is 77.4 Å². The minimum atomic E-state index is -0.134. The molecule has 1 aliphatic rings. The Bertz CT molecular complexity index is 1010. The van der Waals surface area contributed by atoms with Crippen LogP contribution in [0.4, 0.5) is 11.4 Å². The van der Waals surface area contributed by atoms with E-state index in [-0.39, 0.29) is 17.9 Å². The van der Waals surface area contributed by atoms with E-state index < -0.39 is 0 Å². The van der Waals surface area contributed by atoms with E-state index in [1.54, 1.807) is 12.1 Å². The fourth-order valence-corrected chi connectivity index (χ4v) is 4.25. The van der Waals surface area contributed by atoms with Crippen molar-refractivity contribution in [1.82, 2.24) is 4.90 Å². The first-order valence-corrected chi connectivity index (χ1v) is 11.1. The number of carbonyl (C=O) groups is 2. The molecule has 0 radical (unpaired) electrons. The molecule has 4 rings (SSSR count). The minimum Gasteiger partial charge on any atom is -0.459 e. The average molecular weight is 432 g/mol. The van der Waals surface area contributed by atoms with Crippen LogP contribution in [0.25, 0.3) is 0 Å². The van der Waals surface area contributed by atoms with E-state index in [1.807, 2.05) is 35.2 Å². The lowest BCUT2D eigenvalue weighted by molar-refractivity contribution is -0.114. The third-order valence-electron chi connectivity index (χ3n) is 5.90. The zero-order chi connectivity index (χ0) is 22.3. The van der Waals surface area contributed by atoms with Gasteiger partial charge >= 0.3 is 0 Å². The molecule has 1 aromatic heterocycles. The summed E-state index contributed by atoms with van der Waals surface area (Å²) in [5.41, 5.74) is 2.87. The monoisotopic (exact) mass is 431 g/mol. The quantitative estimate of drug-likeness (QED) is 0.594. The summed E-state index contributed by atoms with van der Waals surface area (Å²) in [5, 5.41) is 2.77. The molecule has 2 heterocycles. The fourth-order valence-electron chi connectivity index (χ4n) is 4.25. The van der Waals surface area contributed by atoms with Crippen LogP contribution >= 0.6 is 0 Å². The van der Waals surface area contributed by atoms with Gasteiger partial charge in [-0.15, -0.1) is 0 Å². The second kappa shape index (κ2) is 10.3. The Kier molecular flexibility index (Phi) is 7.02. The molecule has 0 aliphatic carbocycles. The molecule has 3 aromatic rings. The van der Waals surface area contributed by atoms with Crippen LogP contribution in [0.1, 0.15) is 35.9 Å². The van der Waals surface area contributed by atoms with Crippen molar-refractivity contribution in [1.29, 1.82) is 0 Å². The average Bonchev–Trinajstić information content (AvgIpc) is 3.35. The summed E-state index contributed by atoms with van der Waals surface area (Å²) >= 11 is 0. The van der Waals surface area contributed by atoms with Gasteiger partial charge in [0.15, 0.2) is 5.76 Å². The Hall–Kier alpha value is -3.38. The first kappa shape index (κ1) is 21.8. The highest BCUT2D eigenvalue weighted by molar-refractivity contribution is 6.04. The predicted molar refractivity (Wildman–Crippen MR) is 126 cm³/mol. The molecular formula is C26H29N3O3. The van der Waals surface area contributed by atoms with Gasteiger partial charge in [0.2, 0.25) is 5.91 Å². The maximum Gasteiger partial charge on any atom is 0.294 e. The molecule has 0 spiro atoms. The van der Waals surface area contributed by atoms with Crippen LogP contribution in [0.5, 0.6) is 0 Å². The van der Waals surface area contributed by atoms with Crippen LogP contribution < -0.4 is 10.2 Å². The van der Waals surface area contributed by atoms with Crippen molar-refractivity contribution in [2.75, 3.05) is 29.9 Å². The van der Waals surface area contributed by atoms with Crippen LogP contribution in [-0.4, -0.2) is 42.4 Å². The number of carbonyl (C=O) groups excluding carboxylic acids is 2. The summed E-state index contributed by atoms with van der Waals surface area (Å²) < 4.78 is 5.41. The minimum absolute atomic E-state index is 0.0900. The number of hydrogen-bond acceptors (Lipinski definition) is 4. The summed E-state index contributed by atoms with van der Waals surface area (Å²) in [6, 6.07) is 21.5. The van der Waals surface area contributed by atoms with Crippen molar-refractivity contribution in [3.05, 3.63) is 84.3 Å². The Labute approximate surface area is 188 Å². The van der Waals surface area contributed by atoms with E-state index in [2.05, 4.69) is 34.5 Å². The number of piperidine rings is 1. The summed E-state index contributed by atoms with van der Waals surface area (Å²) in [6.07, 6.45) is 4.35. The standard InChI is InChI=1S/C26H29N3O3/c1-20(30)27-22-9-11-23(12-10-22)29(26(31)25-8-5-19-32-25)24-14-17-28(18-15-24)16-13-21-6-3-2-4-7-21/h2-12,19,24H,13-18H2,1H3,(H,27,30). The fraction of sp³-hybridized carbons (Fsp3) is 0.308. The number of amides is 2. The number of rotatable bonds is 7. The molecule has 1 fully saturated rings. The van der Waals surface area contributed by atoms with Crippen LogP contribution in [0.3, 0.4) is 0 Å². The highest BCUT2D eigenvalue weighted by Gasteiger charge is 2.31. The van der Waals surface area contributed by atoms with Crippen LogP contribution in [0, 0.1) is 0 Å². The van der Waals surface area contributed by atoms with E-state index in [9.17, 15) is 9.59 Å². The highest BCUT2D eigenvalue weighted by atomic mass is 16.3. The maximum atomic E-state index is 13.3. The van der Waals surface area contributed by atoms with Crippen LogP contribution in [0.2, 0.25) is 0 Å². The smallest absolute Gasteiger partial charge is 0.294 e. The van der Waals surface area contributed by atoms with Gasteiger partial charge in [-0.1, -0.05) is 30.3 Å². The third kappa shape index (κ3) is 5.45. The van der Waals surface area contributed by atoms with Crippen molar-refractivity contribution in [3.8, 4) is 0 Å². The number of hydrogen-bond donors (Lipinski definition) is 1. The van der Waals surface area contributed by atoms with Gasteiger partial charge < -0.3 is 19.5 Å². The van der Waals surface area contributed by atoms with Gasteiger partial charge in [0.05, 0.1) is 6.26 Å². The molecule has 32 heavy (non-hydrogen) atoms. The molecule has 2 amide bonds. The molecule has 1 aliphatic heterocycles. The summed E-state index contributed by atoms with van der Waals surface area (Å²) in [6.45, 7) is 4.40. The summed E-state index contributed by atoms with van der Waals surface area (Å²) in [7, 11) is 0. The molecule has 0 saturated carbocycles. The van der Waals surface area contributed by atoms with Gasteiger partial charge in [-0.2, -0.15) is 0 Å². The number of anilines is 2. The number of nitrogens with one attached hydrogen (secondary N) is 1. The lowest BCUT2D eigenvalue weighted by Crippen LogP contribution is -2.48. The van der Waals surface area contributed by atoms with Gasteiger partial charge in [-0.3, -0.25) is 9.59 Å². The number of likely N-dealkylation sites (tertiary alicyclic amines) is 1. The van der Waals surface area contributed by atoms with Crippen molar-refractivity contribution < 1.29 is 14.0 Å². The molecule has 6 heteroatoms. The molecule has 1 saturated heterocycles. The van der Waals surface area contributed by atoms with Gasteiger partial charge in [0.1, 0.15) is 0 Å². The zero-order valence-corrected chi connectivity index (χ0v) is 18.4. The second-order valence-electron chi connectivity index (χ2n) is 8.19. The molecule has 166 valence electrons. The molecule has 0 bridgehead atoms. The van der Waals surface area contributed by atoms with Crippen molar-refractivity contribution in [3.63, 3.8) is 0 Å². The number of furan rings is 1. The van der Waals surface area contributed by atoms with Gasteiger partial charge in [0.25, 0.3) is 5.91 Å². The Balaban J connectivity index is 1.45. The zero-order valence-electron chi connectivity index (χ0n) is 18.4. The topological polar surface area (TPSA) is 65.8 Å². The largest absolute Gasteiger partial charge is 0.459 e. The first-order chi connectivity index (χ1) is 15.6. The van der Waals surface area contributed by atoms with Crippen molar-refractivity contribution in [2.24, 2.45) is 0 Å². The lowest BCUT2D eigenvalue weighted by atomic mass is 10.0. The first-order valence-electron chi connectivity index (χ1n) is 11.1. The van der Waals surface area contributed by atoms with Gasteiger partial charge in [-0.25, -0.2) is 0 Å². The molecule has 0 unspecified atom stereocenters. The van der Waals surface area contributed by atoms with E-state index in [1.165, 1.54) is 18.8 Å². The number of benzene rings is 2. The van der Waals surface area contributed by atoms with E-state index >= 15 is 0 Å². The summed E-state index contributed by atoms with van der Waals surface area (Å²) in [5.74, 6) is 0.0802. The van der Waals surface area contributed by atoms with Crippen molar-refractivity contribution >= 4 is 23.2 Å². The molecule has 1 N–H and O–H groups in total.